The maximum absolute atomic E-state index is 6.39. The van der Waals surface area contributed by atoms with Crippen LogP contribution in [0.3, 0.4) is 0 Å². The average molecular weight is 84.1 g/mol. The maximum atomic E-state index is 6.39. The van der Waals surface area contributed by atoms with Crippen molar-refractivity contribution in [1.29, 1.82) is 5.41 Å². The van der Waals surface area contributed by atoms with Gasteiger partial charge in [0.05, 0.1) is 6.20 Å². The summed E-state index contributed by atoms with van der Waals surface area (Å²) < 4.78 is 0. The zero-order chi connectivity index (χ0) is 4.99. The van der Waals surface area contributed by atoms with Crippen LogP contribution in [0.4, 0.5) is 0 Å². The monoisotopic (exact) mass is 84.1 g/mol. The fourth-order valence-electron chi connectivity index (χ4n) is 0.129. The number of nitrogens with one attached hydrogen (secondary N) is 1. The van der Waals surface area contributed by atoms with Gasteiger partial charge in [-0.3, -0.25) is 5.41 Å². The predicted molar refractivity (Wildman–Crippen MR) is 26.0 cm³/mol. The summed E-state index contributed by atoms with van der Waals surface area (Å²) in [6.07, 6.45) is 1.54. The van der Waals surface area contributed by atoms with E-state index in [4.69, 9.17) is 5.41 Å². The summed E-state index contributed by atoms with van der Waals surface area (Å²) in [5.41, 5.74) is 0. The minimum atomic E-state index is 1.54. The highest BCUT2D eigenvalue weighted by Crippen LogP contribution is 1.63. The first-order valence-electron chi connectivity index (χ1n) is 1.69. The van der Waals surface area contributed by atoms with Gasteiger partial charge >= 0.3 is 0 Å². The molecule has 0 radical (unpaired) electrons. The molecule has 0 unspecified atom stereocenters. The lowest BCUT2D eigenvalue weighted by Gasteiger charge is -1.97. The second kappa shape index (κ2) is 2.49. The molecular formula is C4H8N2. The molecule has 0 saturated carbocycles. The smallest absolute Gasteiger partial charge is 0.0610 e. The van der Waals surface area contributed by atoms with Crippen molar-refractivity contribution in [3.63, 3.8) is 0 Å². The van der Waals surface area contributed by atoms with Crippen molar-refractivity contribution >= 4 is 5.87 Å². The zero-order valence-corrected chi connectivity index (χ0v) is 4.02. The highest BCUT2D eigenvalue weighted by Gasteiger charge is 1.65. The Hall–Kier alpha value is -0.750. The first-order valence-corrected chi connectivity index (χ1v) is 1.69. The van der Waals surface area contributed by atoms with Crippen LogP contribution in [-0.4, -0.2) is 24.9 Å². The predicted octanol–water partition coefficient (Wildman–Crippen LogP) is 0.310. The normalized spacial score (nSPS) is 6.33. The number of hydrogen-bond acceptors (Lipinski definition) is 2. The number of hydrogen-bond donors (Lipinski definition) is 1. The Kier molecular flexibility index (Phi) is 2.17. The van der Waals surface area contributed by atoms with Crippen LogP contribution in [-0.2, 0) is 0 Å². The SMILES string of the molecule is CN(C)C=C=N. The van der Waals surface area contributed by atoms with Crippen molar-refractivity contribution in [1.82, 2.24) is 4.90 Å². The van der Waals surface area contributed by atoms with Gasteiger partial charge in [-0.25, -0.2) is 0 Å². The van der Waals surface area contributed by atoms with E-state index in [1.807, 2.05) is 14.1 Å². The molecule has 2 nitrogen and oxygen atoms in total. The molecular weight excluding hydrogens is 76.1 g/mol. The molecule has 0 bridgehead atoms. The van der Waals surface area contributed by atoms with E-state index in [0.717, 1.165) is 0 Å². The van der Waals surface area contributed by atoms with Gasteiger partial charge in [0.2, 0.25) is 0 Å². The topological polar surface area (TPSA) is 27.1 Å². The Bertz CT molecular complexity index is 69.6. The maximum Gasteiger partial charge on any atom is 0.0610 e. The standard InChI is InChI=1S/C4H8N2/c1-6(2)4-3-5/h4-5H,1-2H3. The molecule has 2 heteroatoms. The molecule has 0 rings (SSSR count). The molecule has 0 saturated heterocycles. The third-order valence-corrected chi connectivity index (χ3v) is 0.323. The lowest BCUT2D eigenvalue weighted by Crippen LogP contribution is -1.99. The molecule has 0 amide bonds. The molecule has 0 aromatic rings. The van der Waals surface area contributed by atoms with Crippen LogP contribution in [0.25, 0.3) is 0 Å². The minimum Gasteiger partial charge on any atom is -0.376 e. The molecule has 0 atom stereocenters. The quantitative estimate of drug-likeness (QED) is 0.455. The Balaban J connectivity index is 3.29. The van der Waals surface area contributed by atoms with Crippen molar-refractivity contribution in [2.75, 3.05) is 14.1 Å². The fraction of sp³-hybridized carbons (Fsp3) is 0.500. The summed E-state index contributed by atoms with van der Waals surface area (Å²) in [4.78, 5) is 1.76. The van der Waals surface area contributed by atoms with Crippen LogP contribution in [0.5, 0.6) is 0 Å². The van der Waals surface area contributed by atoms with E-state index < -0.39 is 0 Å². The van der Waals surface area contributed by atoms with E-state index in [1.165, 1.54) is 0 Å². The van der Waals surface area contributed by atoms with Crippen LogP contribution in [0.2, 0.25) is 0 Å². The number of nitrogens with zero attached hydrogens (tertiary/aromatic N) is 1. The number of rotatable bonds is 1. The summed E-state index contributed by atoms with van der Waals surface area (Å²) in [6.45, 7) is 0. The van der Waals surface area contributed by atoms with Crippen LogP contribution in [0.1, 0.15) is 0 Å². The van der Waals surface area contributed by atoms with Gasteiger partial charge in [0, 0.05) is 14.1 Å². The summed E-state index contributed by atoms with van der Waals surface area (Å²) in [7, 11) is 3.70. The first-order chi connectivity index (χ1) is 2.77. The van der Waals surface area contributed by atoms with Crippen LogP contribution >= 0.6 is 0 Å². The van der Waals surface area contributed by atoms with Crippen molar-refractivity contribution < 1.29 is 0 Å². The van der Waals surface area contributed by atoms with Crippen LogP contribution in [0, 0.1) is 5.41 Å². The molecule has 0 fully saturated rings. The summed E-state index contributed by atoms with van der Waals surface area (Å²) in [6, 6.07) is 0. The van der Waals surface area contributed by atoms with Crippen molar-refractivity contribution in [2.24, 2.45) is 0 Å². The van der Waals surface area contributed by atoms with Crippen LogP contribution in [0.15, 0.2) is 6.20 Å². The molecule has 34 valence electrons. The Morgan fingerprint density at radius 1 is 1.67 bits per heavy atom. The lowest BCUT2D eigenvalue weighted by molar-refractivity contribution is 0.569. The van der Waals surface area contributed by atoms with E-state index in [-0.39, 0.29) is 0 Å². The Labute approximate surface area is 37.6 Å². The van der Waals surface area contributed by atoms with Gasteiger partial charge in [-0.1, -0.05) is 0 Å². The molecule has 1 N–H and O–H groups in total. The van der Waals surface area contributed by atoms with Crippen LogP contribution < -0.4 is 0 Å². The van der Waals surface area contributed by atoms with E-state index in [1.54, 1.807) is 11.1 Å². The largest absolute Gasteiger partial charge is 0.376 e. The molecule has 0 aromatic carbocycles. The van der Waals surface area contributed by atoms with Gasteiger partial charge in [-0.15, -0.1) is 0 Å². The van der Waals surface area contributed by atoms with Crippen molar-refractivity contribution in [3.8, 4) is 0 Å². The van der Waals surface area contributed by atoms with E-state index in [0.29, 0.717) is 0 Å². The van der Waals surface area contributed by atoms with Gasteiger partial charge in [-0.05, 0) is 5.87 Å². The second-order valence-corrected chi connectivity index (χ2v) is 1.24. The van der Waals surface area contributed by atoms with Gasteiger partial charge in [0.1, 0.15) is 0 Å². The van der Waals surface area contributed by atoms with Gasteiger partial charge in [0.15, 0.2) is 0 Å². The molecule has 0 aromatic heterocycles. The first kappa shape index (κ1) is 5.25. The molecule has 0 aliphatic heterocycles. The summed E-state index contributed by atoms with van der Waals surface area (Å²) >= 11 is 0. The summed E-state index contributed by atoms with van der Waals surface area (Å²) in [5.74, 6) is 2.12. The molecule has 0 aliphatic carbocycles. The van der Waals surface area contributed by atoms with Gasteiger partial charge < -0.3 is 4.90 Å². The fourth-order valence-corrected chi connectivity index (χ4v) is 0.129. The van der Waals surface area contributed by atoms with Gasteiger partial charge in [0.25, 0.3) is 0 Å². The van der Waals surface area contributed by atoms with Crippen molar-refractivity contribution in [3.05, 3.63) is 6.20 Å². The third kappa shape index (κ3) is 3.25. The summed E-state index contributed by atoms with van der Waals surface area (Å²) in [5, 5.41) is 6.39. The highest BCUT2D eigenvalue weighted by atomic mass is 15.0. The van der Waals surface area contributed by atoms with Crippen molar-refractivity contribution in [2.45, 2.75) is 0 Å². The third-order valence-electron chi connectivity index (χ3n) is 0.323. The second-order valence-electron chi connectivity index (χ2n) is 1.24. The van der Waals surface area contributed by atoms with E-state index in [2.05, 4.69) is 5.87 Å². The Morgan fingerprint density at radius 2 is 2.17 bits per heavy atom. The Morgan fingerprint density at radius 3 is 2.17 bits per heavy atom. The highest BCUT2D eigenvalue weighted by molar-refractivity contribution is 5.46. The molecule has 0 heterocycles. The zero-order valence-electron chi connectivity index (χ0n) is 4.02. The van der Waals surface area contributed by atoms with E-state index in [9.17, 15) is 0 Å². The average Bonchev–Trinajstić information content (AvgIpc) is 1.35. The lowest BCUT2D eigenvalue weighted by atomic mass is 10.8. The molecule has 0 spiro atoms. The molecule has 6 heavy (non-hydrogen) atoms. The molecule has 0 aliphatic rings. The van der Waals surface area contributed by atoms with E-state index >= 15 is 0 Å². The van der Waals surface area contributed by atoms with Gasteiger partial charge in [-0.2, -0.15) is 0 Å². The minimum absolute atomic E-state index is 1.54.